The number of alkyl halides is 2. The zero-order chi connectivity index (χ0) is 22.2. The second kappa shape index (κ2) is 7.70. The minimum absolute atomic E-state index is 0.0916. The SMILES string of the molecule is COc1cccc(-n2nnn(C)c2=O)c1CON=C(C)c1cccc2c1OC(F)(F)O2. The Morgan fingerprint density at radius 2 is 1.97 bits per heavy atom. The van der Waals surface area contributed by atoms with E-state index in [4.69, 9.17) is 9.57 Å². The molecule has 1 aliphatic rings. The molecule has 1 aliphatic heterocycles. The fourth-order valence-electron chi connectivity index (χ4n) is 3.05. The molecule has 4 rings (SSSR count). The van der Waals surface area contributed by atoms with Crippen LogP contribution < -0.4 is 19.9 Å². The number of halogens is 2. The van der Waals surface area contributed by atoms with Gasteiger partial charge in [-0.15, -0.1) is 8.78 Å². The molecule has 3 aromatic rings. The molecule has 0 atom stereocenters. The Labute approximate surface area is 174 Å². The number of hydrogen-bond acceptors (Lipinski definition) is 8. The second-order valence-corrected chi connectivity index (χ2v) is 6.51. The lowest BCUT2D eigenvalue weighted by atomic mass is 10.1. The number of oxime groups is 1. The fourth-order valence-corrected chi connectivity index (χ4v) is 3.05. The predicted octanol–water partition coefficient (Wildman–Crippen LogP) is 2.24. The molecule has 0 bridgehead atoms. The maximum atomic E-state index is 13.4. The van der Waals surface area contributed by atoms with Gasteiger partial charge in [0.2, 0.25) is 0 Å². The van der Waals surface area contributed by atoms with E-state index in [2.05, 4.69) is 25.1 Å². The van der Waals surface area contributed by atoms with Crippen LogP contribution in [0, 0.1) is 0 Å². The highest BCUT2D eigenvalue weighted by atomic mass is 19.3. The molecular formula is C19H17F2N5O5. The first-order valence-corrected chi connectivity index (χ1v) is 9.02. The van der Waals surface area contributed by atoms with E-state index in [-0.39, 0.29) is 23.8 Å². The van der Waals surface area contributed by atoms with E-state index < -0.39 is 12.0 Å². The summed E-state index contributed by atoms with van der Waals surface area (Å²) in [5.41, 5.74) is 1.02. The lowest BCUT2D eigenvalue weighted by Crippen LogP contribution is -2.26. The fraction of sp³-hybridized carbons (Fsp3) is 0.263. The van der Waals surface area contributed by atoms with Gasteiger partial charge in [-0.25, -0.2) is 4.79 Å². The highest BCUT2D eigenvalue weighted by molar-refractivity contribution is 6.01. The van der Waals surface area contributed by atoms with Gasteiger partial charge < -0.3 is 19.0 Å². The van der Waals surface area contributed by atoms with Crippen LogP contribution in [-0.4, -0.2) is 38.9 Å². The van der Waals surface area contributed by atoms with Crippen molar-refractivity contribution in [1.29, 1.82) is 0 Å². The second-order valence-electron chi connectivity index (χ2n) is 6.51. The lowest BCUT2D eigenvalue weighted by molar-refractivity contribution is -0.286. The number of tetrazole rings is 1. The van der Waals surface area contributed by atoms with Crippen molar-refractivity contribution in [2.45, 2.75) is 19.8 Å². The van der Waals surface area contributed by atoms with E-state index in [0.29, 0.717) is 22.6 Å². The molecule has 0 unspecified atom stereocenters. The predicted molar refractivity (Wildman–Crippen MR) is 103 cm³/mol. The normalized spacial score (nSPS) is 14.5. The Bertz CT molecular complexity index is 1220. The van der Waals surface area contributed by atoms with Crippen LogP contribution in [0.1, 0.15) is 18.1 Å². The Morgan fingerprint density at radius 1 is 1.19 bits per heavy atom. The van der Waals surface area contributed by atoms with Gasteiger partial charge in [0.1, 0.15) is 12.4 Å². The molecule has 10 nitrogen and oxygen atoms in total. The summed E-state index contributed by atoms with van der Waals surface area (Å²) in [6.07, 6.45) is -3.74. The number of para-hydroxylation sites is 1. The molecule has 0 amide bonds. The molecule has 12 heteroatoms. The number of nitrogens with zero attached hydrogens (tertiary/aromatic N) is 5. The summed E-state index contributed by atoms with van der Waals surface area (Å²) in [7, 11) is 2.95. The molecule has 0 saturated carbocycles. The molecule has 1 aromatic heterocycles. The van der Waals surface area contributed by atoms with Crippen LogP contribution in [0.3, 0.4) is 0 Å². The quantitative estimate of drug-likeness (QED) is 0.434. The third-order valence-electron chi connectivity index (χ3n) is 4.51. The molecule has 0 saturated heterocycles. The van der Waals surface area contributed by atoms with Crippen LogP contribution in [0.15, 0.2) is 46.3 Å². The van der Waals surface area contributed by atoms with Gasteiger partial charge in [0.25, 0.3) is 0 Å². The molecule has 2 aromatic carbocycles. The molecule has 0 spiro atoms. The maximum Gasteiger partial charge on any atom is 0.586 e. The monoisotopic (exact) mass is 433 g/mol. The minimum Gasteiger partial charge on any atom is -0.496 e. The van der Waals surface area contributed by atoms with E-state index in [1.807, 2.05) is 0 Å². The third-order valence-corrected chi connectivity index (χ3v) is 4.51. The average Bonchev–Trinajstić information content (AvgIpc) is 3.24. The first-order valence-electron chi connectivity index (χ1n) is 9.02. The number of rotatable bonds is 6. The minimum atomic E-state index is -3.74. The first-order chi connectivity index (χ1) is 14.8. The van der Waals surface area contributed by atoms with E-state index in [1.54, 1.807) is 31.2 Å². The van der Waals surface area contributed by atoms with Crippen molar-refractivity contribution in [3.05, 3.63) is 58.0 Å². The standard InChI is InChI=1S/C19H17F2N5O5/c1-11(12-6-4-9-16-17(12)31-19(20,21)30-16)22-29-10-13-14(7-5-8-15(13)28-3)26-18(27)25(2)23-24-26/h4-9H,10H2,1-3H3. The van der Waals surface area contributed by atoms with Crippen molar-refractivity contribution in [3.8, 4) is 22.9 Å². The van der Waals surface area contributed by atoms with Gasteiger partial charge in [0.15, 0.2) is 11.5 Å². The van der Waals surface area contributed by atoms with E-state index in [9.17, 15) is 13.6 Å². The number of aromatic nitrogens is 4. The summed E-state index contributed by atoms with van der Waals surface area (Å²) in [4.78, 5) is 17.7. The number of aryl methyl sites for hydroxylation is 1. The summed E-state index contributed by atoms with van der Waals surface area (Å²) in [5.74, 6) is 0.229. The number of fused-ring (bicyclic) bond motifs is 1. The third kappa shape index (κ3) is 3.79. The van der Waals surface area contributed by atoms with Crippen LogP contribution in [0.2, 0.25) is 0 Å². The van der Waals surface area contributed by atoms with Gasteiger partial charge in [-0.05, 0) is 41.6 Å². The van der Waals surface area contributed by atoms with Gasteiger partial charge in [-0.1, -0.05) is 17.3 Å². The van der Waals surface area contributed by atoms with E-state index in [0.717, 1.165) is 9.36 Å². The summed E-state index contributed by atoms with van der Waals surface area (Å²) >= 11 is 0. The summed E-state index contributed by atoms with van der Waals surface area (Å²) < 4.78 is 43.4. The summed E-state index contributed by atoms with van der Waals surface area (Å²) in [6, 6.07) is 9.50. The molecule has 2 heterocycles. The molecule has 0 aliphatic carbocycles. The topological polar surface area (TPSA) is 102 Å². The van der Waals surface area contributed by atoms with E-state index >= 15 is 0 Å². The Balaban J connectivity index is 1.61. The lowest BCUT2D eigenvalue weighted by Gasteiger charge is -2.12. The zero-order valence-electron chi connectivity index (χ0n) is 16.7. The van der Waals surface area contributed by atoms with Gasteiger partial charge >= 0.3 is 12.0 Å². The van der Waals surface area contributed by atoms with E-state index in [1.165, 1.54) is 26.3 Å². The van der Waals surface area contributed by atoms with Gasteiger partial charge in [-0.2, -0.15) is 9.36 Å². The van der Waals surface area contributed by atoms with Crippen LogP contribution in [0.25, 0.3) is 5.69 Å². The van der Waals surface area contributed by atoms with Gasteiger partial charge in [0, 0.05) is 12.6 Å². The van der Waals surface area contributed by atoms with Crippen molar-refractivity contribution in [2.24, 2.45) is 12.2 Å². The molecule has 0 radical (unpaired) electrons. The van der Waals surface area contributed by atoms with Crippen molar-refractivity contribution < 1.29 is 27.8 Å². The van der Waals surface area contributed by atoms with Crippen LogP contribution in [-0.2, 0) is 18.5 Å². The number of methoxy groups -OCH3 is 1. The van der Waals surface area contributed by atoms with Crippen LogP contribution >= 0.6 is 0 Å². The maximum absolute atomic E-state index is 13.4. The highest BCUT2D eigenvalue weighted by Gasteiger charge is 2.44. The largest absolute Gasteiger partial charge is 0.586 e. The zero-order valence-corrected chi connectivity index (χ0v) is 16.7. The van der Waals surface area contributed by atoms with Crippen molar-refractivity contribution in [1.82, 2.24) is 19.8 Å². The van der Waals surface area contributed by atoms with Crippen molar-refractivity contribution in [2.75, 3.05) is 7.11 Å². The number of benzene rings is 2. The van der Waals surface area contributed by atoms with Crippen molar-refractivity contribution >= 4 is 5.71 Å². The molecule has 0 fully saturated rings. The number of hydrogen-bond donors (Lipinski definition) is 0. The molecule has 0 N–H and O–H groups in total. The molecule has 162 valence electrons. The highest BCUT2D eigenvalue weighted by Crippen LogP contribution is 2.43. The van der Waals surface area contributed by atoms with Gasteiger partial charge in [-0.3, -0.25) is 0 Å². The van der Waals surface area contributed by atoms with Crippen molar-refractivity contribution in [3.63, 3.8) is 0 Å². The Morgan fingerprint density at radius 3 is 2.68 bits per heavy atom. The van der Waals surface area contributed by atoms with Gasteiger partial charge in [0.05, 0.1) is 24.1 Å². The smallest absolute Gasteiger partial charge is 0.496 e. The summed E-state index contributed by atoms with van der Waals surface area (Å²) in [5, 5.41) is 11.5. The number of ether oxygens (including phenoxy) is 3. The first kappa shape index (κ1) is 20.3. The Kier molecular flexibility index (Phi) is 5.05. The molecule has 31 heavy (non-hydrogen) atoms. The molecular weight excluding hydrogens is 416 g/mol. The Hall–Kier alpha value is -3.96. The summed E-state index contributed by atoms with van der Waals surface area (Å²) in [6.45, 7) is 1.48. The van der Waals surface area contributed by atoms with Crippen LogP contribution in [0.4, 0.5) is 8.78 Å². The van der Waals surface area contributed by atoms with Crippen LogP contribution in [0.5, 0.6) is 17.2 Å². The average molecular weight is 433 g/mol.